The molecule has 0 atom stereocenters. The van der Waals surface area contributed by atoms with Crippen LogP contribution < -0.4 is 10.7 Å². The van der Waals surface area contributed by atoms with Gasteiger partial charge in [-0.1, -0.05) is 31.4 Å². The lowest BCUT2D eigenvalue weighted by molar-refractivity contribution is 0.100. The first-order valence-electron chi connectivity index (χ1n) is 9.83. The van der Waals surface area contributed by atoms with Crippen molar-refractivity contribution in [1.29, 1.82) is 0 Å². The lowest BCUT2D eigenvalue weighted by Gasteiger charge is -2.24. The van der Waals surface area contributed by atoms with Crippen LogP contribution in [0.15, 0.2) is 57.4 Å². The van der Waals surface area contributed by atoms with E-state index in [9.17, 15) is 15.0 Å². The van der Waals surface area contributed by atoms with E-state index in [1.54, 1.807) is 22.8 Å². The molecule has 2 heterocycles. The van der Waals surface area contributed by atoms with Gasteiger partial charge in [0.1, 0.15) is 0 Å². The number of para-hydroxylation sites is 2. The number of hydrogen-bond acceptors (Lipinski definition) is 3. The van der Waals surface area contributed by atoms with Crippen LogP contribution in [0.2, 0.25) is 0 Å². The number of rotatable bonds is 2. The maximum absolute atomic E-state index is 12.6. The van der Waals surface area contributed by atoms with Crippen LogP contribution >= 0.6 is 0 Å². The van der Waals surface area contributed by atoms with Crippen LogP contribution in [0.4, 0.5) is 0 Å². The third-order valence-corrected chi connectivity index (χ3v) is 5.67. The van der Waals surface area contributed by atoms with Crippen LogP contribution in [0.25, 0.3) is 10.8 Å². The van der Waals surface area contributed by atoms with Gasteiger partial charge in [-0.2, -0.15) is 4.99 Å². The SMILES string of the molecule is O=C(N=C1N=c2ccccc2=N1)c1ccc2c(O)n(C3CCCCC3)c(O)c2c1. The van der Waals surface area contributed by atoms with E-state index in [1.807, 2.05) is 24.3 Å². The molecule has 7 heteroatoms. The first-order chi connectivity index (χ1) is 14.1. The van der Waals surface area contributed by atoms with Crippen LogP contribution in [0, 0.1) is 0 Å². The normalized spacial score (nSPS) is 16.3. The third kappa shape index (κ3) is 2.99. The molecule has 1 amide bonds. The van der Waals surface area contributed by atoms with Crippen LogP contribution in [0.3, 0.4) is 0 Å². The Bertz CT molecular complexity index is 1250. The molecular weight excluding hydrogens is 368 g/mol. The summed E-state index contributed by atoms with van der Waals surface area (Å²) < 4.78 is 1.60. The van der Waals surface area contributed by atoms with Crippen LogP contribution in [-0.2, 0) is 0 Å². The maximum Gasteiger partial charge on any atom is 0.280 e. The molecule has 2 aromatic carbocycles. The Hall–Kier alpha value is -3.48. The molecule has 5 rings (SSSR count). The molecule has 0 bridgehead atoms. The van der Waals surface area contributed by atoms with E-state index in [-0.39, 0.29) is 23.8 Å². The second-order valence-electron chi connectivity index (χ2n) is 7.50. The van der Waals surface area contributed by atoms with E-state index >= 15 is 0 Å². The largest absolute Gasteiger partial charge is 0.494 e. The van der Waals surface area contributed by atoms with Crippen molar-refractivity contribution in [3.8, 4) is 11.8 Å². The summed E-state index contributed by atoms with van der Waals surface area (Å²) in [6, 6.07) is 12.2. The molecule has 0 unspecified atom stereocenters. The maximum atomic E-state index is 12.6. The minimum absolute atomic E-state index is 0.00523. The summed E-state index contributed by atoms with van der Waals surface area (Å²) in [6.45, 7) is 0. The average Bonchev–Trinajstić information content (AvgIpc) is 3.26. The number of aromatic hydroxyl groups is 2. The first kappa shape index (κ1) is 17.6. The molecule has 2 aliphatic rings. The number of carbonyl (C=O) groups excluding carboxylic acids is 1. The molecule has 2 N–H and O–H groups in total. The highest BCUT2D eigenvalue weighted by molar-refractivity contribution is 6.06. The van der Waals surface area contributed by atoms with Gasteiger partial charge in [0.05, 0.1) is 10.7 Å². The number of hydrogen-bond donors (Lipinski definition) is 2. The van der Waals surface area contributed by atoms with E-state index in [0.29, 0.717) is 27.1 Å². The van der Waals surface area contributed by atoms with E-state index < -0.39 is 5.91 Å². The summed E-state index contributed by atoms with van der Waals surface area (Å²) in [5.74, 6) is -0.338. The van der Waals surface area contributed by atoms with Gasteiger partial charge in [-0.05, 0) is 43.2 Å². The van der Waals surface area contributed by atoms with E-state index in [4.69, 9.17) is 0 Å². The highest BCUT2D eigenvalue weighted by atomic mass is 16.3. The average molecular weight is 388 g/mol. The Kier molecular flexibility index (Phi) is 4.16. The number of fused-ring (bicyclic) bond motifs is 2. The van der Waals surface area contributed by atoms with Gasteiger partial charge in [-0.15, -0.1) is 0 Å². The number of amides is 1. The Morgan fingerprint density at radius 2 is 1.59 bits per heavy atom. The fraction of sp³-hybridized carbons (Fsp3) is 0.273. The second kappa shape index (κ2) is 6.84. The number of carbonyl (C=O) groups is 1. The van der Waals surface area contributed by atoms with Gasteiger partial charge in [0.15, 0.2) is 0 Å². The molecule has 1 saturated carbocycles. The summed E-state index contributed by atoms with van der Waals surface area (Å²) in [7, 11) is 0. The monoisotopic (exact) mass is 388 g/mol. The van der Waals surface area contributed by atoms with Gasteiger partial charge < -0.3 is 10.2 Å². The first-order valence-corrected chi connectivity index (χ1v) is 9.83. The van der Waals surface area contributed by atoms with Gasteiger partial charge >= 0.3 is 0 Å². The van der Waals surface area contributed by atoms with Gasteiger partial charge in [-0.25, -0.2) is 9.98 Å². The fourth-order valence-electron chi connectivity index (χ4n) is 4.20. The number of aliphatic imine (C=N–C) groups is 1. The number of aromatic nitrogens is 1. The Labute approximate surface area is 166 Å². The van der Waals surface area contributed by atoms with Crippen molar-refractivity contribution in [3.63, 3.8) is 0 Å². The molecule has 1 aromatic heterocycles. The second-order valence-corrected chi connectivity index (χ2v) is 7.50. The Balaban J connectivity index is 1.51. The quantitative estimate of drug-likeness (QED) is 0.706. The van der Waals surface area contributed by atoms with Gasteiger partial charge in [0.25, 0.3) is 11.9 Å². The minimum Gasteiger partial charge on any atom is -0.494 e. The minimum atomic E-state index is -0.494. The highest BCUT2D eigenvalue weighted by Gasteiger charge is 2.25. The Morgan fingerprint density at radius 3 is 2.28 bits per heavy atom. The molecule has 0 spiro atoms. The van der Waals surface area contributed by atoms with Crippen molar-refractivity contribution in [2.24, 2.45) is 15.0 Å². The topological polar surface area (TPSA) is 99.5 Å². The zero-order chi connectivity index (χ0) is 20.0. The zero-order valence-corrected chi connectivity index (χ0v) is 15.7. The van der Waals surface area contributed by atoms with E-state index in [2.05, 4.69) is 15.0 Å². The molecule has 1 aliphatic carbocycles. The summed E-state index contributed by atoms with van der Waals surface area (Å²) >= 11 is 0. The predicted octanol–water partition coefficient (Wildman–Crippen LogP) is 3.01. The summed E-state index contributed by atoms with van der Waals surface area (Å²) in [4.78, 5) is 25.1. The predicted molar refractivity (Wildman–Crippen MR) is 108 cm³/mol. The van der Waals surface area contributed by atoms with Crippen molar-refractivity contribution in [2.75, 3.05) is 0 Å². The van der Waals surface area contributed by atoms with Gasteiger partial charge in [0, 0.05) is 22.4 Å². The van der Waals surface area contributed by atoms with Crippen molar-refractivity contribution in [3.05, 3.63) is 58.7 Å². The van der Waals surface area contributed by atoms with E-state index in [0.717, 1.165) is 25.7 Å². The highest BCUT2D eigenvalue weighted by Crippen LogP contribution is 2.43. The van der Waals surface area contributed by atoms with E-state index in [1.165, 1.54) is 6.42 Å². The molecule has 0 radical (unpaired) electrons. The molecule has 0 saturated heterocycles. The summed E-state index contributed by atoms with van der Waals surface area (Å²) in [5, 5.41) is 23.7. The number of benzene rings is 2. The van der Waals surface area contributed by atoms with Crippen LogP contribution in [-0.4, -0.2) is 26.6 Å². The standard InChI is InChI=1S/C22H20N4O3/c27-19(25-22-23-17-8-4-5-9-18(17)24-22)13-10-11-15-16(12-13)21(29)26(20(15)28)14-6-2-1-3-7-14/h4-5,8-12,14,28-29H,1-3,6-7H2. The molecule has 3 aromatic rings. The summed E-state index contributed by atoms with van der Waals surface area (Å²) in [5.41, 5.74) is 0.308. The van der Waals surface area contributed by atoms with Gasteiger partial charge in [0.2, 0.25) is 11.8 Å². The van der Waals surface area contributed by atoms with Crippen LogP contribution in [0.5, 0.6) is 11.8 Å². The van der Waals surface area contributed by atoms with Crippen LogP contribution in [0.1, 0.15) is 48.5 Å². The zero-order valence-electron chi connectivity index (χ0n) is 15.7. The van der Waals surface area contributed by atoms with Crippen molar-refractivity contribution < 1.29 is 15.0 Å². The van der Waals surface area contributed by atoms with Crippen molar-refractivity contribution in [2.45, 2.75) is 38.1 Å². The smallest absolute Gasteiger partial charge is 0.280 e. The molecule has 146 valence electrons. The molecular formula is C22H20N4O3. The number of guanidine groups is 1. The molecule has 1 aliphatic heterocycles. The molecule has 29 heavy (non-hydrogen) atoms. The fourth-order valence-corrected chi connectivity index (χ4v) is 4.20. The van der Waals surface area contributed by atoms with Gasteiger partial charge in [-0.3, -0.25) is 9.36 Å². The number of nitrogens with zero attached hydrogens (tertiary/aromatic N) is 4. The lowest BCUT2D eigenvalue weighted by atomic mass is 9.95. The van der Waals surface area contributed by atoms with Crippen molar-refractivity contribution >= 4 is 22.6 Å². The third-order valence-electron chi connectivity index (χ3n) is 5.67. The molecule has 1 fully saturated rings. The van der Waals surface area contributed by atoms with Crippen molar-refractivity contribution in [1.82, 2.24) is 4.57 Å². The lowest BCUT2D eigenvalue weighted by Crippen LogP contribution is -2.19. The Morgan fingerprint density at radius 1 is 0.931 bits per heavy atom. The molecule has 7 nitrogen and oxygen atoms in total. The summed E-state index contributed by atoms with van der Waals surface area (Å²) in [6.07, 6.45) is 5.18.